The molecule has 1 N–H and O–H groups in total. The molecule has 0 aliphatic heterocycles. The highest BCUT2D eigenvalue weighted by Gasteiger charge is 2.12. The first kappa shape index (κ1) is 20.2. The minimum Gasteiger partial charge on any atom is -0.481 e. The lowest BCUT2D eigenvalue weighted by Crippen LogP contribution is -2.12. The van der Waals surface area contributed by atoms with Gasteiger partial charge >= 0.3 is 11.9 Å². The van der Waals surface area contributed by atoms with Crippen LogP contribution in [0.25, 0.3) is 0 Å². The van der Waals surface area contributed by atoms with E-state index in [4.69, 9.17) is 5.11 Å². The van der Waals surface area contributed by atoms with Gasteiger partial charge in [0.1, 0.15) is 0 Å². The Morgan fingerprint density at radius 1 is 1.22 bits per heavy atom. The van der Waals surface area contributed by atoms with Crippen molar-refractivity contribution >= 4 is 43.8 Å². The number of carbonyl (C=O) groups is 2. The van der Waals surface area contributed by atoms with Crippen molar-refractivity contribution in [3.05, 3.63) is 0 Å². The Morgan fingerprint density at radius 3 is 2.11 bits per heavy atom. The summed E-state index contributed by atoms with van der Waals surface area (Å²) in [4.78, 5) is 20.9. The van der Waals surface area contributed by atoms with Crippen molar-refractivity contribution in [3.8, 4) is 0 Å². The summed E-state index contributed by atoms with van der Waals surface area (Å²) in [6, 6.07) is 0. The van der Waals surface area contributed by atoms with E-state index in [1.165, 1.54) is 0 Å². The second-order valence-electron chi connectivity index (χ2n) is 3.52. The van der Waals surface area contributed by atoms with Gasteiger partial charge in [0.2, 0.25) is 0 Å². The van der Waals surface area contributed by atoms with Gasteiger partial charge < -0.3 is 9.84 Å². The summed E-state index contributed by atoms with van der Waals surface area (Å²) in [5, 5.41) is 10.1. The number of carboxylic acid groups (broad SMARTS) is 1. The number of aliphatic carboxylic acids is 1. The van der Waals surface area contributed by atoms with Crippen LogP contribution in [0.4, 0.5) is 0 Å². The monoisotopic (exact) mass is 388 g/mol. The lowest BCUT2D eigenvalue weighted by Gasteiger charge is -2.04. The number of carbonyl (C=O) groups excluding carboxylic acids is 1. The van der Waals surface area contributed by atoms with E-state index in [0.717, 1.165) is 29.9 Å². The molecule has 18 heavy (non-hydrogen) atoms. The minimum atomic E-state index is -0.683. The van der Waals surface area contributed by atoms with E-state index in [2.05, 4.69) is 36.6 Å². The second-order valence-corrected chi connectivity index (χ2v) is 5.10. The molecule has 1 unspecified atom stereocenters. The van der Waals surface area contributed by atoms with E-state index in [0.29, 0.717) is 13.0 Å². The predicted octanol–water partition coefficient (Wildman–Crippen LogP) is 3.61. The van der Waals surface area contributed by atoms with Crippen LogP contribution in [0, 0.1) is 5.92 Å². The molecule has 108 valence electrons. The maximum atomic E-state index is 10.6. The molecule has 0 aromatic carbocycles. The van der Waals surface area contributed by atoms with Crippen molar-refractivity contribution in [3.63, 3.8) is 0 Å². The van der Waals surface area contributed by atoms with Gasteiger partial charge in [-0.25, -0.2) is 0 Å². The Labute approximate surface area is 126 Å². The van der Waals surface area contributed by atoms with Crippen LogP contribution in [-0.4, -0.2) is 34.3 Å². The first-order valence-corrected chi connectivity index (χ1v) is 8.28. The molecule has 0 rings (SSSR count). The van der Waals surface area contributed by atoms with Gasteiger partial charge in [0, 0.05) is 17.1 Å². The van der Waals surface area contributed by atoms with Gasteiger partial charge in [0.05, 0.1) is 12.5 Å². The molecule has 0 spiro atoms. The van der Waals surface area contributed by atoms with Crippen molar-refractivity contribution in [2.75, 3.05) is 17.3 Å². The summed E-state index contributed by atoms with van der Waals surface area (Å²) in [6.45, 7) is 4.19. The summed E-state index contributed by atoms with van der Waals surface area (Å²) in [7, 11) is 0. The largest absolute Gasteiger partial charge is 0.481 e. The molecule has 0 bridgehead atoms. The van der Waals surface area contributed by atoms with Crippen LogP contribution in [0.3, 0.4) is 0 Å². The molecule has 0 aliphatic carbocycles. The summed E-state index contributed by atoms with van der Waals surface area (Å²) in [5.41, 5.74) is 0. The highest BCUT2D eigenvalue weighted by Crippen LogP contribution is 2.09. The Bertz CT molecular complexity index is 220. The molecule has 1 atom stereocenters. The Kier molecular flexibility index (Phi) is 16.8. The average Bonchev–Trinajstić information content (AvgIpc) is 2.34. The van der Waals surface area contributed by atoms with Crippen LogP contribution in [0.5, 0.6) is 0 Å². The average molecular weight is 390 g/mol. The van der Waals surface area contributed by atoms with Crippen molar-refractivity contribution in [1.82, 2.24) is 0 Å². The van der Waals surface area contributed by atoms with Gasteiger partial charge in [-0.3, -0.25) is 9.59 Å². The van der Waals surface area contributed by atoms with Gasteiger partial charge in [0.15, 0.2) is 0 Å². The van der Waals surface area contributed by atoms with Crippen LogP contribution in [-0.2, 0) is 14.3 Å². The zero-order valence-electron chi connectivity index (χ0n) is 11.0. The zero-order chi connectivity index (χ0) is 14.4. The normalized spacial score (nSPS) is 11.1. The Hall–Kier alpha value is -0.100. The van der Waals surface area contributed by atoms with Crippen LogP contribution in [0.1, 0.15) is 39.5 Å². The van der Waals surface area contributed by atoms with Crippen molar-refractivity contribution in [1.29, 1.82) is 0 Å². The molecule has 0 heterocycles. The Balaban J connectivity index is 0. The highest BCUT2D eigenvalue weighted by molar-refractivity contribution is 9.09. The summed E-state index contributed by atoms with van der Waals surface area (Å²) in [6.07, 6.45) is 2.84. The van der Waals surface area contributed by atoms with Crippen LogP contribution < -0.4 is 0 Å². The summed E-state index contributed by atoms with van der Waals surface area (Å²) in [5.74, 6) is -0.946. The van der Waals surface area contributed by atoms with Crippen molar-refractivity contribution in [2.45, 2.75) is 39.5 Å². The lowest BCUT2D eigenvalue weighted by molar-refractivity contribution is -0.143. The Morgan fingerprint density at radius 2 is 1.83 bits per heavy atom. The predicted molar refractivity (Wildman–Crippen MR) is 79.5 cm³/mol. The van der Waals surface area contributed by atoms with E-state index < -0.39 is 5.97 Å². The fourth-order valence-electron chi connectivity index (χ4n) is 1.08. The molecule has 4 nitrogen and oxygen atoms in total. The third kappa shape index (κ3) is 14.0. The number of carboxylic acids is 1. The molecule has 0 aromatic rings. The number of hydrogen-bond acceptors (Lipinski definition) is 3. The minimum absolute atomic E-state index is 0.100. The number of hydrogen-bond donors (Lipinski definition) is 1. The molecule has 0 saturated carbocycles. The summed E-state index contributed by atoms with van der Waals surface area (Å²) < 4.78 is 4.68. The maximum Gasteiger partial charge on any atom is 0.306 e. The maximum absolute atomic E-state index is 10.6. The highest BCUT2D eigenvalue weighted by atomic mass is 79.9. The molecule has 0 aromatic heterocycles. The van der Waals surface area contributed by atoms with E-state index in [1.54, 1.807) is 0 Å². The SMILES string of the molecule is CCC(CCBr)C(=O)O.CCOC(=O)CCCBr. The number of rotatable bonds is 8. The molecule has 0 fully saturated rings. The fraction of sp³-hybridized carbons (Fsp3) is 0.833. The molecular weight excluding hydrogens is 368 g/mol. The van der Waals surface area contributed by atoms with Crippen LogP contribution in [0.15, 0.2) is 0 Å². The molecule has 0 saturated heterocycles. The van der Waals surface area contributed by atoms with Crippen molar-refractivity contribution in [2.24, 2.45) is 5.92 Å². The van der Waals surface area contributed by atoms with Crippen LogP contribution >= 0.6 is 31.9 Å². The standard InChI is InChI=1S/2C6H11BrO2/c1-2-9-6(8)4-3-5-7;1-2-5(3-4-7)6(8)9/h2-5H2,1H3;5H,2-4H2,1H3,(H,8,9). The van der Waals surface area contributed by atoms with Gasteiger partial charge in [-0.2, -0.15) is 0 Å². The fourth-order valence-corrected chi connectivity index (χ4v) is 1.91. The molecule has 6 heteroatoms. The van der Waals surface area contributed by atoms with E-state index >= 15 is 0 Å². The third-order valence-corrected chi connectivity index (χ3v) is 3.14. The number of ether oxygens (including phenoxy) is 1. The molecular formula is C12H22Br2O4. The number of esters is 1. The van der Waals surface area contributed by atoms with E-state index in [1.807, 2.05) is 13.8 Å². The van der Waals surface area contributed by atoms with Crippen molar-refractivity contribution < 1.29 is 19.4 Å². The van der Waals surface area contributed by atoms with E-state index in [-0.39, 0.29) is 11.9 Å². The molecule has 0 radical (unpaired) electrons. The summed E-state index contributed by atoms with van der Waals surface area (Å²) >= 11 is 6.42. The molecule has 0 amide bonds. The second kappa shape index (κ2) is 15.0. The molecule has 0 aliphatic rings. The third-order valence-electron chi connectivity index (χ3n) is 2.12. The number of alkyl halides is 2. The van der Waals surface area contributed by atoms with Crippen LogP contribution in [0.2, 0.25) is 0 Å². The quantitative estimate of drug-likeness (QED) is 0.508. The first-order valence-electron chi connectivity index (χ1n) is 6.03. The topological polar surface area (TPSA) is 63.6 Å². The number of halogens is 2. The van der Waals surface area contributed by atoms with Gasteiger partial charge in [-0.15, -0.1) is 0 Å². The van der Waals surface area contributed by atoms with Gasteiger partial charge in [-0.1, -0.05) is 38.8 Å². The lowest BCUT2D eigenvalue weighted by atomic mass is 10.0. The smallest absolute Gasteiger partial charge is 0.306 e. The van der Waals surface area contributed by atoms with Gasteiger partial charge in [-0.05, 0) is 26.2 Å². The first-order chi connectivity index (χ1) is 8.53. The van der Waals surface area contributed by atoms with E-state index in [9.17, 15) is 9.59 Å². The zero-order valence-corrected chi connectivity index (χ0v) is 14.1. The van der Waals surface area contributed by atoms with Gasteiger partial charge in [0.25, 0.3) is 0 Å².